The van der Waals surface area contributed by atoms with Crippen LogP contribution in [0.4, 0.5) is 0 Å². The van der Waals surface area contributed by atoms with Crippen LogP contribution < -0.4 is 11.0 Å². The second-order valence-corrected chi connectivity index (χ2v) is 4.67. The highest BCUT2D eigenvalue weighted by Gasteiger charge is 2.28. The molecule has 5 heteroatoms. The lowest BCUT2D eigenvalue weighted by Gasteiger charge is -2.32. The normalized spacial score (nSPS) is 13.9. The summed E-state index contributed by atoms with van der Waals surface area (Å²) in [7, 11) is 3.57. The Morgan fingerprint density at radius 2 is 2.00 bits per heavy atom. The number of likely N-dealkylation sites (N-methyl/N-ethyl adjacent to an activating group) is 1. The molecule has 1 rings (SSSR count). The largest absolute Gasteiger partial charge is 0.377 e. The highest BCUT2D eigenvalue weighted by Crippen LogP contribution is 2.14. The van der Waals surface area contributed by atoms with Gasteiger partial charge in [0.05, 0.1) is 11.6 Å². The Morgan fingerprint density at radius 3 is 2.41 bits per heavy atom. The summed E-state index contributed by atoms with van der Waals surface area (Å²) in [5, 5.41) is 3.20. The first kappa shape index (κ1) is 14.0. The molecule has 17 heavy (non-hydrogen) atoms. The van der Waals surface area contributed by atoms with Crippen LogP contribution >= 0.6 is 0 Å². The summed E-state index contributed by atoms with van der Waals surface area (Å²) >= 11 is 0. The maximum absolute atomic E-state index is 11.9. The molecule has 0 saturated heterocycles. The quantitative estimate of drug-likeness (QED) is 0.797. The summed E-state index contributed by atoms with van der Waals surface area (Å²) in [6, 6.07) is 0.0814. The van der Waals surface area contributed by atoms with E-state index in [0.29, 0.717) is 13.1 Å². The smallest absolute Gasteiger partial charge is 0.328 e. The summed E-state index contributed by atoms with van der Waals surface area (Å²) in [6.45, 7) is 7.28. The van der Waals surface area contributed by atoms with Crippen molar-refractivity contribution >= 4 is 0 Å². The summed E-state index contributed by atoms with van der Waals surface area (Å²) < 4.78 is 8.85. The van der Waals surface area contributed by atoms with E-state index in [1.807, 2.05) is 40.2 Å². The van der Waals surface area contributed by atoms with Crippen LogP contribution in [0.15, 0.2) is 17.2 Å². The van der Waals surface area contributed by atoms with Crippen LogP contribution in [0.3, 0.4) is 0 Å². The van der Waals surface area contributed by atoms with Gasteiger partial charge in [-0.3, -0.25) is 9.13 Å². The molecule has 0 aliphatic rings. The molecule has 0 spiro atoms. The number of aromatic nitrogens is 2. The Kier molecular flexibility index (Phi) is 4.54. The van der Waals surface area contributed by atoms with Crippen molar-refractivity contribution in [3.05, 3.63) is 22.9 Å². The number of imidazole rings is 1. The first-order valence-corrected chi connectivity index (χ1v) is 5.94. The van der Waals surface area contributed by atoms with Crippen molar-refractivity contribution in [3.8, 4) is 0 Å². The minimum atomic E-state index is -0.317. The molecule has 5 nitrogen and oxygen atoms in total. The van der Waals surface area contributed by atoms with Crippen LogP contribution in [-0.2, 0) is 17.8 Å². The molecule has 0 radical (unpaired) electrons. The topological polar surface area (TPSA) is 48.2 Å². The van der Waals surface area contributed by atoms with Gasteiger partial charge in [0.1, 0.15) is 0 Å². The van der Waals surface area contributed by atoms with Gasteiger partial charge >= 0.3 is 5.69 Å². The van der Waals surface area contributed by atoms with Gasteiger partial charge in [0, 0.05) is 32.6 Å². The SMILES string of the molecule is CCn1ccn(CC(NC)C(C)(C)OC)c1=O. The molecule has 1 N–H and O–H groups in total. The van der Waals surface area contributed by atoms with Crippen LogP contribution in [0.1, 0.15) is 20.8 Å². The van der Waals surface area contributed by atoms with Gasteiger partial charge in [-0.15, -0.1) is 0 Å². The molecule has 1 aromatic heterocycles. The third-order valence-corrected chi connectivity index (χ3v) is 3.35. The summed E-state index contributed by atoms with van der Waals surface area (Å²) in [5.74, 6) is 0. The van der Waals surface area contributed by atoms with Crippen molar-refractivity contribution in [1.29, 1.82) is 0 Å². The zero-order chi connectivity index (χ0) is 13.1. The second kappa shape index (κ2) is 5.51. The fraction of sp³-hybridized carbons (Fsp3) is 0.750. The van der Waals surface area contributed by atoms with Gasteiger partial charge < -0.3 is 10.1 Å². The molecular formula is C12H23N3O2. The van der Waals surface area contributed by atoms with Gasteiger partial charge in [0.25, 0.3) is 0 Å². The fourth-order valence-corrected chi connectivity index (χ4v) is 1.83. The summed E-state index contributed by atoms with van der Waals surface area (Å²) in [6.07, 6.45) is 3.64. The molecule has 98 valence electrons. The van der Waals surface area contributed by atoms with Crippen molar-refractivity contribution in [3.63, 3.8) is 0 Å². The third-order valence-electron chi connectivity index (χ3n) is 3.35. The number of ether oxygens (including phenoxy) is 1. The lowest BCUT2D eigenvalue weighted by Crippen LogP contribution is -2.50. The van der Waals surface area contributed by atoms with Gasteiger partial charge in [0.2, 0.25) is 0 Å². The van der Waals surface area contributed by atoms with Crippen molar-refractivity contribution < 1.29 is 4.74 Å². The number of hydrogen-bond donors (Lipinski definition) is 1. The molecule has 0 aromatic carbocycles. The van der Waals surface area contributed by atoms with E-state index in [4.69, 9.17) is 4.74 Å². The van der Waals surface area contributed by atoms with Gasteiger partial charge in [-0.25, -0.2) is 4.79 Å². The zero-order valence-electron chi connectivity index (χ0n) is 11.4. The minimum absolute atomic E-state index is 0.0275. The predicted octanol–water partition coefficient (Wildman–Crippen LogP) is 0.683. The number of hydrogen-bond acceptors (Lipinski definition) is 3. The molecule has 0 aliphatic carbocycles. The number of nitrogens with zero attached hydrogens (tertiary/aromatic N) is 2. The monoisotopic (exact) mass is 241 g/mol. The molecule has 0 amide bonds. The minimum Gasteiger partial charge on any atom is -0.377 e. The summed E-state index contributed by atoms with van der Waals surface area (Å²) in [4.78, 5) is 11.9. The van der Waals surface area contributed by atoms with Crippen LogP contribution in [0.5, 0.6) is 0 Å². The Hall–Kier alpha value is -1.07. The van der Waals surface area contributed by atoms with E-state index in [-0.39, 0.29) is 17.3 Å². The Balaban J connectivity index is 2.88. The highest BCUT2D eigenvalue weighted by atomic mass is 16.5. The molecule has 0 bridgehead atoms. The lowest BCUT2D eigenvalue weighted by molar-refractivity contribution is -0.0130. The van der Waals surface area contributed by atoms with E-state index >= 15 is 0 Å². The van der Waals surface area contributed by atoms with Gasteiger partial charge in [-0.1, -0.05) is 0 Å². The molecule has 0 fully saturated rings. The summed E-state index contributed by atoms with van der Waals surface area (Å²) in [5.41, 5.74) is -0.290. The second-order valence-electron chi connectivity index (χ2n) is 4.67. The van der Waals surface area contributed by atoms with Crippen molar-refractivity contribution in [1.82, 2.24) is 14.5 Å². The van der Waals surface area contributed by atoms with E-state index in [1.165, 1.54) is 0 Å². The van der Waals surface area contributed by atoms with E-state index < -0.39 is 0 Å². The number of nitrogens with one attached hydrogen (secondary N) is 1. The fourth-order valence-electron chi connectivity index (χ4n) is 1.83. The highest BCUT2D eigenvalue weighted by molar-refractivity contribution is 4.89. The maximum atomic E-state index is 11.9. The number of aryl methyl sites for hydroxylation is 1. The predicted molar refractivity (Wildman–Crippen MR) is 68.3 cm³/mol. The Labute approximate surface area is 102 Å². The van der Waals surface area contributed by atoms with Crippen LogP contribution in [0, 0.1) is 0 Å². The molecular weight excluding hydrogens is 218 g/mol. The van der Waals surface area contributed by atoms with E-state index in [9.17, 15) is 4.79 Å². The van der Waals surface area contributed by atoms with Crippen LogP contribution in [0.25, 0.3) is 0 Å². The Bertz CT molecular complexity index is 406. The van der Waals surface area contributed by atoms with Gasteiger partial charge in [0.15, 0.2) is 0 Å². The van der Waals surface area contributed by atoms with E-state index in [2.05, 4.69) is 5.32 Å². The molecule has 1 atom stereocenters. The van der Waals surface area contributed by atoms with Gasteiger partial charge in [-0.2, -0.15) is 0 Å². The van der Waals surface area contributed by atoms with Crippen LogP contribution in [0.2, 0.25) is 0 Å². The first-order chi connectivity index (χ1) is 7.96. The molecule has 0 aliphatic heterocycles. The number of rotatable bonds is 6. The molecule has 1 unspecified atom stereocenters. The average Bonchev–Trinajstić information content (AvgIpc) is 2.66. The zero-order valence-corrected chi connectivity index (χ0v) is 11.4. The molecule has 1 aromatic rings. The maximum Gasteiger partial charge on any atom is 0.328 e. The van der Waals surface area contributed by atoms with Crippen molar-refractivity contribution in [2.24, 2.45) is 0 Å². The molecule has 1 heterocycles. The third kappa shape index (κ3) is 2.98. The van der Waals surface area contributed by atoms with Crippen molar-refractivity contribution in [2.45, 2.75) is 45.5 Å². The Morgan fingerprint density at radius 1 is 1.41 bits per heavy atom. The van der Waals surface area contributed by atoms with Crippen LogP contribution in [-0.4, -0.2) is 34.9 Å². The number of methoxy groups -OCH3 is 1. The van der Waals surface area contributed by atoms with E-state index in [1.54, 1.807) is 16.2 Å². The van der Waals surface area contributed by atoms with E-state index in [0.717, 1.165) is 0 Å². The first-order valence-electron chi connectivity index (χ1n) is 5.94. The average molecular weight is 241 g/mol. The molecule has 0 saturated carbocycles. The lowest BCUT2D eigenvalue weighted by atomic mass is 9.98. The van der Waals surface area contributed by atoms with Gasteiger partial charge in [-0.05, 0) is 27.8 Å². The standard InChI is InChI=1S/C12H23N3O2/c1-6-14-7-8-15(11(14)16)9-10(13-4)12(2,3)17-5/h7-8,10,13H,6,9H2,1-5H3. The van der Waals surface area contributed by atoms with Crippen molar-refractivity contribution in [2.75, 3.05) is 14.2 Å².